The molecule has 1 aliphatic rings. The quantitative estimate of drug-likeness (QED) is 0.798. The van der Waals surface area contributed by atoms with Crippen LogP contribution < -0.4 is 0 Å². The van der Waals surface area contributed by atoms with Gasteiger partial charge in [-0.15, -0.1) is 0 Å². The normalized spacial score (nSPS) is 13.7. The van der Waals surface area contributed by atoms with E-state index in [9.17, 15) is 9.59 Å². The first-order chi connectivity index (χ1) is 9.77. The fourth-order valence-corrected chi connectivity index (χ4v) is 2.41. The van der Waals surface area contributed by atoms with Gasteiger partial charge in [0.2, 0.25) is 0 Å². The maximum absolute atomic E-state index is 12.1. The summed E-state index contributed by atoms with van der Waals surface area (Å²) in [7, 11) is 0. The lowest BCUT2D eigenvalue weighted by atomic mass is 10.1. The van der Waals surface area contributed by atoms with Gasteiger partial charge in [-0.05, 0) is 37.1 Å². The largest absolute Gasteiger partial charge is 0.274 e. The molecule has 2 aromatic rings. The summed E-state index contributed by atoms with van der Waals surface area (Å²) >= 11 is 0. The van der Waals surface area contributed by atoms with Crippen LogP contribution >= 0.6 is 0 Å². The van der Waals surface area contributed by atoms with Gasteiger partial charge in [0.25, 0.3) is 11.8 Å². The number of rotatable bonds is 4. The highest BCUT2D eigenvalue weighted by atomic mass is 16.2. The van der Waals surface area contributed by atoms with Crippen LogP contribution in [-0.2, 0) is 6.42 Å². The molecule has 100 valence electrons. The number of hydrogen-bond donors (Lipinski definition) is 0. The molecule has 0 radical (unpaired) electrons. The monoisotopic (exact) mass is 266 g/mol. The van der Waals surface area contributed by atoms with Crippen molar-refractivity contribution in [2.45, 2.75) is 12.8 Å². The second-order valence-corrected chi connectivity index (χ2v) is 4.73. The summed E-state index contributed by atoms with van der Waals surface area (Å²) in [5, 5.41) is 0. The van der Waals surface area contributed by atoms with Crippen molar-refractivity contribution >= 4 is 11.8 Å². The van der Waals surface area contributed by atoms with E-state index in [4.69, 9.17) is 0 Å². The molecule has 0 atom stereocenters. The molecule has 0 N–H and O–H groups in total. The Morgan fingerprint density at radius 1 is 0.900 bits per heavy atom. The van der Waals surface area contributed by atoms with E-state index in [1.165, 1.54) is 4.90 Å². The molecule has 1 aromatic carbocycles. The molecule has 2 heterocycles. The molecule has 4 nitrogen and oxygen atoms in total. The minimum atomic E-state index is -0.188. The van der Waals surface area contributed by atoms with Gasteiger partial charge < -0.3 is 0 Å². The lowest BCUT2D eigenvalue weighted by Gasteiger charge is -2.13. The molecule has 0 aliphatic carbocycles. The molecule has 0 spiro atoms. The molecule has 1 aliphatic heterocycles. The summed E-state index contributed by atoms with van der Waals surface area (Å²) < 4.78 is 0. The summed E-state index contributed by atoms with van der Waals surface area (Å²) in [6.45, 7) is 0.433. The fourth-order valence-electron chi connectivity index (χ4n) is 2.41. The highest BCUT2D eigenvalue weighted by Crippen LogP contribution is 2.22. The van der Waals surface area contributed by atoms with Crippen LogP contribution in [0.3, 0.4) is 0 Å². The van der Waals surface area contributed by atoms with Gasteiger partial charge in [0.15, 0.2) is 0 Å². The maximum atomic E-state index is 12.1. The zero-order valence-corrected chi connectivity index (χ0v) is 11.0. The van der Waals surface area contributed by atoms with Crippen molar-refractivity contribution in [3.63, 3.8) is 0 Å². The third-order valence-corrected chi connectivity index (χ3v) is 3.42. The van der Waals surface area contributed by atoms with Gasteiger partial charge in [0, 0.05) is 18.4 Å². The number of fused-ring (bicyclic) bond motifs is 1. The molecule has 0 fully saturated rings. The fraction of sp³-hybridized carbons (Fsp3) is 0.188. The predicted octanol–water partition coefficient (Wildman–Crippen LogP) is 2.31. The zero-order chi connectivity index (χ0) is 13.9. The van der Waals surface area contributed by atoms with Crippen LogP contribution in [0.25, 0.3) is 0 Å². The summed E-state index contributed by atoms with van der Waals surface area (Å²) in [6, 6.07) is 12.7. The zero-order valence-electron chi connectivity index (χ0n) is 11.0. The molecule has 1 aromatic heterocycles. The van der Waals surface area contributed by atoms with Gasteiger partial charge in [-0.3, -0.25) is 19.5 Å². The number of benzene rings is 1. The maximum Gasteiger partial charge on any atom is 0.261 e. The van der Waals surface area contributed by atoms with Crippen LogP contribution in [-0.4, -0.2) is 28.2 Å². The highest BCUT2D eigenvalue weighted by Gasteiger charge is 2.34. The lowest BCUT2D eigenvalue weighted by molar-refractivity contribution is 0.0652. The van der Waals surface area contributed by atoms with Crippen LogP contribution in [0.2, 0.25) is 0 Å². The molecule has 0 saturated carbocycles. The number of imide groups is 1. The van der Waals surface area contributed by atoms with E-state index < -0.39 is 0 Å². The first kappa shape index (κ1) is 12.5. The Morgan fingerprint density at radius 3 is 2.15 bits per heavy atom. The van der Waals surface area contributed by atoms with E-state index in [0.717, 1.165) is 18.5 Å². The molecule has 3 rings (SSSR count). The molecule has 2 amide bonds. The van der Waals surface area contributed by atoms with Crippen molar-refractivity contribution in [1.29, 1.82) is 0 Å². The minimum absolute atomic E-state index is 0.188. The number of hydrogen-bond acceptors (Lipinski definition) is 3. The van der Waals surface area contributed by atoms with Crippen molar-refractivity contribution in [2.75, 3.05) is 6.54 Å². The second kappa shape index (κ2) is 5.25. The Hall–Kier alpha value is -2.49. The Balaban J connectivity index is 1.65. The summed E-state index contributed by atoms with van der Waals surface area (Å²) in [5.74, 6) is -0.377. The smallest absolute Gasteiger partial charge is 0.261 e. The van der Waals surface area contributed by atoms with E-state index in [0.29, 0.717) is 17.7 Å². The van der Waals surface area contributed by atoms with Gasteiger partial charge in [-0.2, -0.15) is 0 Å². The van der Waals surface area contributed by atoms with Crippen molar-refractivity contribution in [3.8, 4) is 0 Å². The average Bonchev–Trinajstić information content (AvgIpc) is 2.74. The van der Waals surface area contributed by atoms with Gasteiger partial charge in [0.1, 0.15) is 0 Å². The second-order valence-electron chi connectivity index (χ2n) is 4.73. The molecular weight excluding hydrogens is 252 g/mol. The van der Waals surface area contributed by atoms with E-state index in [1.54, 1.807) is 30.5 Å². The standard InChI is InChI=1S/C16H14N2O2/c19-15-13-8-1-2-9-14(13)16(20)18(15)11-5-7-12-6-3-4-10-17-12/h1-4,6,8-10H,5,7,11H2. The first-order valence-electron chi connectivity index (χ1n) is 6.62. The third kappa shape index (κ3) is 2.20. The predicted molar refractivity (Wildman–Crippen MR) is 74.4 cm³/mol. The Labute approximate surface area is 117 Å². The Kier molecular flexibility index (Phi) is 3.29. The number of carbonyl (C=O) groups is 2. The summed E-state index contributed by atoms with van der Waals surface area (Å²) in [4.78, 5) is 29.8. The van der Waals surface area contributed by atoms with Gasteiger partial charge in [-0.1, -0.05) is 18.2 Å². The number of aromatic nitrogens is 1. The van der Waals surface area contributed by atoms with E-state index in [-0.39, 0.29) is 11.8 Å². The van der Waals surface area contributed by atoms with Crippen molar-refractivity contribution < 1.29 is 9.59 Å². The van der Waals surface area contributed by atoms with Crippen molar-refractivity contribution in [3.05, 3.63) is 65.5 Å². The molecule has 4 heteroatoms. The summed E-state index contributed by atoms with van der Waals surface area (Å²) in [6.07, 6.45) is 3.23. The van der Waals surface area contributed by atoms with Crippen molar-refractivity contribution in [2.24, 2.45) is 0 Å². The Morgan fingerprint density at radius 2 is 1.55 bits per heavy atom. The third-order valence-electron chi connectivity index (χ3n) is 3.42. The number of nitrogens with zero attached hydrogens (tertiary/aromatic N) is 2. The van der Waals surface area contributed by atoms with E-state index in [1.807, 2.05) is 18.2 Å². The van der Waals surface area contributed by atoms with Crippen molar-refractivity contribution in [1.82, 2.24) is 9.88 Å². The van der Waals surface area contributed by atoms with Crippen LogP contribution in [0.5, 0.6) is 0 Å². The van der Waals surface area contributed by atoms with Gasteiger partial charge in [0.05, 0.1) is 11.1 Å². The van der Waals surface area contributed by atoms with E-state index >= 15 is 0 Å². The lowest BCUT2D eigenvalue weighted by Crippen LogP contribution is -2.31. The highest BCUT2D eigenvalue weighted by molar-refractivity contribution is 6.21. The molecular formula is C16H14N2O2. The van der Waals surface area contributed by atoms with E-state index in [2.05, 4.69) is 4.98 Å². The number of aryl methyl sites for hydroxylation is 1. The van der Waals surface area contributed by atoms with Gasteiger partial charge in [-0.25, -0.2) is 0 Å². The van der Waals surface area contributed by atoms with Crippen LogP contribution in [0.4, 0.5) is 0 Å². The molecule has 0 saturated heterocycles. The van der Waals surface area contributed by atoms with Crippen LogP contribution in [0.15, 0.2) is 48.7 Å². The topological polar surface area (TPSA) is 50.3 Å². The van der Waals surface area contributed by atoms with Crippen LogP contribution in [0, 0.1) is 0 Å². The number of amides is 2. The summed E-state index contributed by atoms with van der Waals surface area (Å²) in [5.41, 5.74) is 2.00. The molecule has 0 bridgehead atoms. The average molecular weight is 266 g/mol. The SMILES string of the molecule is O=C1c2ccccc2C(=O)N1CCCc1ccccn1. The number of pyridine rings is 1. The molecule has 0 unspecified atom stereocenters. The molecule has 20 heavy (non-hydrogen) atoms. The Bertz CT molecular complexity index is 618. The van der Waals surface area contributed by atoms with Crippen LogP contribution in [0.1, 0.15) is 32.8 Å². The minimum Gasteiger partial charge on any atom is -0.274 e. The van der Waals surface area contributed by atoms with Gasteiger partial charge >= 0.3 is 0 Å². The first-order valence-corrected chi connectivity index (χ1v) is 6.62. The number of carbonyl (C=O) groups excluding carboxylic acids is 2.